The summed E-state index contributed by atoms with van der Waals surface area (Å²) in [5.41, 5.74) is 3.56. The predicted molar refractivity (Wildman–Crippen MR) is 142 cm³/mol. The van der Waals surface area contributed by atoms with E-state index >= 15 is 0 Å². The molecule has 0 aliphatic carbocycles. The van der Waals surface area contributed by atoms with E-state index in [1.807, 2.05) is 50.3 Å². The topological polar surface area (TPSA) is 94.3 Å². The number of aliphatic imine (C=N–C) groups is 1. The molecule has 0 spiro atoms. The molecule has 1 saturated heterocycles. The number of ether oxygens (including phenoxy) is 2. The van der Waals surface area contributed by atoms with Crippen LogP contribution in [-0.2, 0) is 11.4 Å². The zero-order chi connectivity index (χ0) is 25.7. The van der Waals surface area contributed by atoms with Crippen molar-refractivity contribution in [1.82, 2.24) is 4.90 Å². The van der Waals surface area contributed by atoms with Crippen LogP contribution in [0.1, 0.15) is 23.6 Å². The second-order valence-corrected chi connectivity index (χ2v) is 9.02. The molecule has 0 aromatic heterocycles. The van der Waals surface area contributed by atoms with Gasteiger partial charge in [0.25, 0.3) is 11.6 Å². The molecule has 184 valence electrons. The minimum absolute atomic E-state index is 0.0294. The Hall–Kier alpha value is -4.11. The third-order valence-electron chi connectivity index (χ3n) is 5.49. The molecule has 1 aliphatic rings. The molecule has 3 aromatic carbocycles. The second kappa shape index (κ2) is 11.1. The molecule has 4 rings (SSSR count). The molecular weight excluding hydrogens is 478 g/mol. The number of aryl methyl sites for hydroxylation is 1. The lowest BCUT2D eigenvalue weighted by atomic mass is 10.1. The number of nitro groups is 1. The summed E-state index contributed by atoms with van der Waals surface area (Å²) in [6.07, 6.45) is 1.82. The largest absolute Gasteiger partial charge is 0.493 e. The average molecular weight is 504 g/mol. The number of amides is 1. The van der Waals surface area contributed by atoms with Gasteiger partial charge in [-0.1, -0.05) is 23.8 Å². The zero-order valence-corrected chi connectivity index (χ0v) is 21.0. The molecule has 1 amide bonds. The van der Waals surface area contributed by atoms with Gasteiger partial charge in [0.1, 0.15) is 6.61 Å². The van der Waals surface area contributed by atoms with Crippen LogP contribution in [0.4, 0.5) is 11.4 Å². The Kier molecular flexibility index (Phi) is 7.70. The molecule has 1 aliphatic heterocycles. The van der Waals surface area contributed by atoms with Crippen LogP contribution in [0.15, 0.2) is 76.6 Å². The van der Waals surface area contributed by atoms with Crippen molar-refractivity contribution >= 4 is 40.3 Å². The van der Waals surface area contributed by atoms with E-state index in [4.69, 9.17) is 9.47 Å². The zero-order valence-electron chi connectivity index (χ0n) is 20.1. The number of carbonyl (C=O) groups is 1. The first-order valence-electron chi connectivity index (χ1n) is 11.3. The lowest BCUT2D eigenvalue weighted by Crippen LogP contribution is -2.28. The van der Waals surface area contributed by atoms with Gasteiger partial charge in [-0.05, 0) is 79.2 Å². The molecule has 0 atom stereocenters. The SMILES string of the molecule is CCN1C(=O)/C(=C\c2ccc(OCc3ccc([N+](=O)[O-])cc3)c(OC)c2)SC1=Nc1ccc(C)cc1. The number of hydrogen-bond donors (Lipinski definition) is 0. The molecule has 0 N–H and O–H groups in total. The molecular formula is C27H25N3O5S. The van der Waals surface area contributed by atoms with Crippen LogP contribution in [0, 0.1) is 17.0 Å². The number of methoxy groups -OCH3 is 1. The van der Waals surface area contributed by atoms with Crippen molar-refractivity contribution < 1.29 is 19.2 Å². The fraction of sp³-hybridized carbons (Fsp3) is 0.185. The number of amidine groups is 1. The summed E-state index contributed by atoms with van der Waals surface area (Å²) in [4.78, 5) is 30.3. The highest BCUT2D eigenvalue weighted by molar-refractivity contribution is 8.18. The maximum absolute atomic E-state index is 13.0. The number of thioether (sulfide) groups is 1. The van der Waals surface area contributed by atoms with Gasteiger partial charge in [-0.3, -0.25) is 19.8 Å². The van der Waals surface area contributed by atoms with Crippen molar-refractivity contribution in [3.63, 3.8) is 0 Å². The number of rotatable bonds is 8. The first-order valence-corrected chi connectivity index (χ1v) is 12.1. The van der Waals surface area contributed by atoms with Crippen LogP contribution in [0.25, 0.3) is 6.08 Å². The number of nitrogens with zero attached hydrogens (tertiary/aromatic N) is 3. The molecule has 1 heterocycles. The Morgan fingerprint density at radius 3 is 2.42 bits per heavy atom. The lowest BCUT2D eigenvalue weighted by Gasteiger charge is -2.12. The summed E-state index contributed by atoms with van der Waals surface area (Å²) >= 11 is 1.34. The molecule has 0 bridgehead atoms. The number of nitro benzene ring substituents is 1. The van der Waals surface area contributed by atoms with E-state index in [-0.39, 0.29) is 18.2 Å². The minimum atomic E-state index is -0.439. The Balaban J connectivity index is 1.51. The normalized spacial score (nSPS) is 15.5. The number of likely N-dealkylation sites (N-methyl/N-ethyl adjacent to an activating group) is 1. The van der Waals surface area contributed by atoms with E-state index in [9.17, 15) is 14.9 Å². The van der Waals surface area contributed by atoms with Crippen LogP contribution >= 0.6 is 11.8 Å². The minimum Gasteiger partial charge on any atom is -0.493 e. The summed E-state index contributed by atoms with van der Waals surface area (Å²) in [5, 5.41) is 11.5. The van der Waals surface area contributed by atoms with Crippen LogP contribution in [0.5, 0.6) is 11.5 Å². The smallest absolute Gasteiger partial charge is 0.269 e. The molecule has 9 heteroatoms. The maximum Gasteiger partial charge on any atom is 0.269 e. The molecule has 8 nitrogen and oxygen atoms in total. The maximum atomic E-state index is 13.0. The number of non-ortho nitro benzene ring substituents is 1. The van der Waals surface area contributed by atoms with Gasteiger partial charge in [0.15, 0.2) is 16.7 Å². The fourth-order valence-electron chi connectivity index (χ4n) is 3.52. The highest BCUT2D eigenvalue weighted by Crippen LogP contribution is 2.36. The Labute approximate surface area is 213 Å². The molecule has 0 unspecified atom stereocenters. The fourth-order valence-corrected chi connectivity index (χ4v) is 4.58. The summed E-state index contributed by atoms with van der Waals surface area (Å²) in [7, 11) is 1.55. The Bertz CT molecular complexity index is 1330. The van der Waals surface area contributed by atoms with Crippen LogP contribution in [0.2, 0.25) is 0 Å². The number of carbonyl (C=O) groups excluding carboxylic acids is 1. The van der Waals surface area contributed by atoms with Gasteiger partial charge >= 0.3 is 0 Å². The average Bonchev–Trinajstić information content (AvgIpc) is 3.17. The number of benzene rings is 3. The molecule has 36 heavy (non-hydrogen) atoms. The molecule has 0 saturated carbocycles. The quantitative estimate of drug-likeness (QED) is 0.209. The van der Waals surface area contributed by atoms with Crippen molar-refractivity contribution in [1.29, 1.82) is 0 Å². The van der Waals surface area contributed by atoms with Gasteiger partial charge < -0.3 is 9.47 Å². The second-order valence-electron chi connectivity index (χ2n) is 8.01. The van der Waals surface area contributed by atoms with Gasteiger partial charge in [-0.25, -0.2) is 4.99 Å². The van der Waals surface area contributed by atoms with E-state index in [2.05, 4.69) is 4.99 Å². The Morgan fingerprint density at radius 2 is 1.78 bits per heavy atom. The standard InChI is InChI=1S/C27H25N3O5S/c1-4-29-26(31)25(36-27(29)28-21-10-5-18(2)6-11-21)16-20-9-14-23(24(15-20)34-3)35-17-19-7-12-22(13-8-19)30(32)33/h5-16H,4,17H2,1-3H3/b25-16+,28-27?. The van der Waals surface area contributed by atoms with Crippen molar-refractivity contribution in [2.75, 3.05) is 13.7 Å². The molecule has 0 radical (unpaired) electrons. The lowest BCUT2D eigenvalue weighted by molar-refractivity contribution is -0.384. The monoisotopic (exact) mass is 503 g/mol. The van der Waals surface area contributed by atoms with Gasteiger partial charge in [0, 0.05) is 18.7 Å². The van der Waals surface area contributed by atoms with Crippen molar-refractivity contribution in [2.45, 2.75) is 20.5 Å². The summed E-state index contributed by atoms with van der Waals surface area (Å²) in [6.45, 7) is 4.69. The van der Waals surface area contributed by atoms with Gasteiger partial charge in [-0.15, -0.1) is 0 Å². The van der Waals surface area contributed by atoms with E-state index < -0.39 is 4.92 Å². The summed E-state index contributed by atoms with van der Waals surface area (Å²) < 4.78 is 11.4. The third-order valence-corrected chi connectivity index (χ3v) is 6.50. The molecule has 3 aromatic rings. The highest BCUT2D eigenvalue weighted by Gasteiger charge is 2.32. The van der Waals surface area contributed by atoms with E-state index in [1.165, 1.54) is 23.9 Å². The van der Waals surface area contributed by atoms with E-state index in [1.54, 1.807) is 36.3 Å². The summed E-state index contributed by atoms with van der Waals surface area (Å²) in [6, 6.07) is 19.5. The van der Waals surface area contributed by atoms with E-state index in [0.717, 1.165) is 22.4 Å². The van der Waals surface area contributed by atoms with E-state index in [0.29, 0.717) is 28.1 Å². The first-order chi connectivity index (χ1) is 17.4. The molecule has 1 fully saturated rings. The third kappa shape index (κ3) is 5.75. The Morgan fingerprint density at radius 1 is 1.06 bits per heavy atom. The van der Waals surface area contributed by atoms with Crippen LogP contribution in [-0.4, -0.2) is 34.6 Å². The van der Waals surface area contributed by atoms with Gasteiger partial charge in [-0.2, -0.15) is 0 Å². The first kappa shape index (κ1) is 25.0. The summed E-state index contributed by atoms with van der Waals surface area (Å²) in [5.74, 6) is 0.952. The van der Waals surface area contributed by atoms with Crippen molar-refractivity contribution in [2.24, 2.45) is 4.99 Å². The highest BCUT2D eigenvalue weighted by atomic mass is 32.2. The van der Waals surface area contributed by atoms with Crippen molar-refractivity contribution in [3.8, 4) is 11.5 Å². The van der Waals surface area contributed by atoms with Gasteiger partial charge in [0.2, 0.25) is 0 Å². The van der Waals surface area contributed by atoms with Gasteiger partial charge in [0.05, 0.1) is 22.6 Å². The van der Waals surface area contributed by atoms with Crippen molar-refractivity contribution in [3.05, 3.63) is 98.4 Å². The predicted octanol–water partition coefficient (Wildman–Crippen LogP) is 6.11. The van der Waals surface area contributed by atoms with Crippen LogP contribution in [0.3, 0.4) is 0 Å². The van der Waals surface area contributed by atoms with Crippen LogP contribution < -0.4 is 9.47 Å². The number of hydrogen-bond acceptors (Lipinski definition) is 7.